The maximum Gasteiger partial charge on any atom is 0.280 e. The van der Waals surface area contributed by atoms with Crippen molar-refractivity contribution in [2.75, 3.05) is 6.61 Å². The third-order valence-electron chi connectivity index (χ3n) is 3.70. The molecule has 0 fully saturated rings. The van der Waals surface area contributed by atoms with Crippen molar-refractivity contribution in [3.05, 3.63) is 81.2 Å². The highest BCUT2D eigenvalue weighted by Gasteiger charge is 2.10. The monoisotopic (exact) mass is 384 g/mol. The molecule has 2 N–H and O–H groups in total. The van der Waals surface area contributed by atoms with Gasteiger partial charge in [0.05, 0.1) is 17.5 Å². The van der Waals surface area contributed by atoms with E-state index >= 15 is 0 Å². The first kappa shape index (κ1) is 18.5. The number of nitrogens with zero attached hydrogens (tertiary/aromatic N) is 2. The Hall–Kier alpha value is -3.32. The van der Waals surface area contributed by atoms with Crippen molar-refractivity contribution in [2.24, 2.45) is 5.10 Å². The van der Waals surface area contributed by atoms with Gasteiger partial charge in [-0.05, 0) is 43.3 Å². The Labute approximate surface area is 160 Å². The fourth-order valence-electron chi connectivity index (χ4n) is 2.35. The van der Waals surface area contributed by atoms with Crippen molar-refractivity contribution in [3.63, 3.8) is 0 Å². The third-order valence-corrected chi connectivity index (χ3v) is 3.95. The maximum atomic E-state index is 12.5. The number of nitrogens with one attached hydrogen (secondary N) is 2. The first-order valence-electron chi connectivity index (χ1n) is 8.12. The number of ether oxygens (including phenoxy) is 1. The molecule has 0 aliphatic carbocycles. The molecule has 1 heterocycles. The minimum Gasteiger partial charge on any atom is -0.484 e. The summed E-state index contributed by atoms with van der Waals surface area (Å²) in [5, 5.41) is 7.40. The van der Waals surface area contributed by atoms with Gasteiger partial charge >= 0.3 is 0 Å². The molecule has 8 heteroatoms. The number of aromatic nitrogens is 2. The van der Waals surface area contributed by atoms with E-state index in [9.17, 15) is 9.59 Å². The summed E-state index contributed by atoms with van der Waals surface area (Å²) in [7, 11) is 0. The predicted octanol–water partition coefficient (Wildman–Crippen LogP) is 2.66. The lowest BCUT2D eigenvalue weighted by Gasteiger charge is -2.04. The quantitative estimate of drug-likeness (QED) is 0.506. The van der Waals surface area contributed by atoms with Gasteiger partial charge in [-0.3, -0.25) is 14.7 Å². The smallest absolute Gasteiger partial charge is 0.280 e. The fraction of sp³-hybridized carbons (Fsp3) is 0.105. The Morgan fingerprint density at radius 2 is 1.93 bits per heavy atom. The molecule has 0 saturated heterocycles. The van der Waals surface area contributed by atoms with Crippen LogP contribution in [0.25, 0.3) is 5.69 Å². The van der Waals surface area contributed by atoms with Gasteiger partial charge in [-0.25, -0.2) is 10.1 Å². The summed E-state index contributed by atoms with van der Waals surface area (Å²) in [6, 6.07) is 15.8. The Morgan fingerprint density at radius 1 is 1.22 bits per heavy atom. The number of hydrogen-bond donors (Lipinski definition) is 2. The summed E-state index contributed by atoms with van der Waals surface area (Å²) in [6.45, 7) is 1.55. The second kappa shape index (κ2) is 8.37. The maximum absolute atomic E-state index is 12.5. The molecule has 0 aliphatic heterocycles. The summed E-state index contributed by atoms with van der Waals surface area (Å²) in [4.78, 5) is 24.3. The average molecular weight is 385 g/mol. The first-order valence-corrected chi connectivity index (χ1v) is 8.49. The van der Waals surface area contributed by atoms with Gasteiger partial charge in [0, 0.05) is 10.7 Å². The second-order valence-electron chi connectivity index (χ2n) is 5.66. The highest BCUT2D eigenvalue weighted by Crippen LogP contribution is 2.15. The number of amides is 1. The Morgan fingerprint density at radius 3 is 2.63 bits per heavy atom. The molecule has 0 bridgehead atoms. The van der Waals surface area contributed by atoms with E-state index in [0.29, 0.717) is 27.7 Å². The molecule has 0 saturated carbocycles. The minimum absolute atomic E-state index is 0.209. The van der Waals surface area contributed by atoms with Crippen LogP contribution in [0.3, 0.4) is 0 Å². The van der Waals surface area contributed by atoms with Gasteiger partial charge in [0.25, 0.3) is 11.5 Å². The standard InChI is InChI=1S/C19H17ClN4O3/c1-13-17(19(26)24(23-13)15-5-3-2-4-6-15)11-21-22-18(25)12-27-16-9-7-14(20)8-10-16/h2-11,23H,12H2,1H3,(H,22,25)/b21-11-. The first-order chi connectivity index (χ1) is 13.0. The molecular formula is C19H17ClN4O3. The molecule has 0 unspecified atom stereocenters. The van der Waals surface area contributed by atoms with Gasteiger partial charge in [0.1, 0.15) is 5.75 Å². The number of para-hydroxylation sites is 1. The number of halogens is 1. The average Bonchev–Trinajstić information content (AvgIpc) is 2.96. The molecule has 0 radical (unpaired) electrons. The van der Waals surface area contributed by atoms with Crippen molar-refractivity contribution in [1.82, 2.24) is 15.2 Å². The van der Waals surface area contributed by atoms with Crippen LogP contribution in [0.15, 0.2) is 64.5 Å². The zero-order chi connectivity index (χ0) is 19.2. The molecule has 138 valence electrons. The summed E-state index contributed by atoms with van der Waals surface area (Å²) in [5.74, 6) is 0.0727. The van der Waals surface area contributed by atoms with E-state index in [1.165, 1.54) is 10.9 Å². The van der Waals surface area contributed by atoms with Gasteiger partial charge < -0.3 is 4.74 Å². The number of aromatic amines is 1. The number of carbonyl (C=O) groups excluding carboxylic acids is 1. The van der Waals surface area contributed by atoms with Crippen LogP contribution in [0, 0.1) is 6.92 Å². The van der Waals surface area contributed by atoms with Gasteiger partial charge in [-0.1, -0.05) is 29.8 Å². The Bertz CT molecular complexity index is 1010. The van der Waals surface area contributed by atoms with Gasteiger partial charge in [0.15, 0.2) is 6.61 Å². The predicted molar refractivity (Wildman–Crippen MR) is 104 cm³/mol. The molecule has 7 nitrogen and oxygen atoms in total. The van der Waals surface area contributed by atoms with E-state index in [4.69, 9.17) is 16.3 Å². The topological polar surface area (TPSA) is 88.5 Å². The lowest BCUT2D eigenvalue weighted by Crippen LogP contribution is -2.25. The number of H-pyrrole nitrogens is 1. The van der Waals surface area contributed by atoms with E-state index in [1.54, 1.807) is 31.2 Å². The molecule has 1 aromatic heterocycles. The molecule has 0 atom stereocenters. The van der Waals surface area contributed by atoms with Crippen LogP contribution >= 0.6 is 11.6 Å². The lowest BCUT2D eigenvalue weighted by molar-refractivity contribution is -0.123. The van der Waals surface area contributed by atoms with Crippen molar-refractivity contribution in [2.45, 2.75) is 6.92 Å². The summed E-state index contributed by atoms with van der Waals surface area (Å²) in [5.41, 5.74) is 3.79. The van der Waals surface area contributed by atoms with Crippen molar-refractivity contribution in [1.29, 1.82) is 0 Å². The molecule has 3 aromatic rings. The van der Waals surface area contributed by atoms with Crippen LogP contribution in [-0.2, 0) is 4.79 Å². The van der Waals surface area contributed by atoms with Crippen molar-refractivity contribution < 1.29 is 9.53 Å². The van der Waals surface area contributed by atoms with E-state index in [-0.39, 0.29) is 12.2 Å². The summed E-state index contributed by atoms with van der Waals surface area (Å²) in [6.07, 6.45) is 1.31. The number of benzene rings is 2. The highest BCUT2D eigenvalue weighted by molar-refractivity contribution is 6.30. The largest absolute Gasteiger partial charge is 0.484 e. The van der Waals surface area contributed by atoms with Gasteiger partial charge in [-0.2, -0.15) is 5.10 Å². The molecule has 1 amide bonds. The van der Waals surface area contributed by atoms with Crippen LogP contribution in [-0.4, -0.2) is 28.5 Å². The number of carbonyl (C=O) groups is 1. The molecule has 2 aromatic carbocycles. The third kappa shape index (κ3) is 4.65. The van der Waals surface area contributed by atoms with Crippen LogP contribution in [0.2, 0.25) is 5.02 Å². The normalized spacial score (nSPS) is 10.9. The zero-order valence-electron chi connectivity index (χ0n) is 14.5. The molecule has 27 heavy (non-hydrogen) atoms. The Balaban J connectivity index is 1.61. The minimum atomic E-state index is -0.447. The van der Waals surface area contributed by atoms with E-state index in [2.05, 4.69) is 15.6 Å². The van der Waals surface area contributed by atoms with Gasteiger partial charge in [0.2, 0.25) is 0 Å². The summed E-state index contributed by atoms with van der Waals surface area (Å²) < 4.78 is 6.74. The fourth-order valence-corrected chi connectivity index (χ4v) is 2.48. The number of hydrogen-bond acceptors (Lipinski definition) is 4. The highest BCUT2D eigenvalue weighted by atomic mass is 35.5. The number of hydrazone groups is 1. The van der Waals surface area contributed by atoms with Crippen molar-refractivity contribution in [3.8, 4) is 11.4 Å². The van der Waals surface area contributed by atoms with E-state index in [1.807, 2.05) is 30.3 Å². The van der Waals surface area contributed by atoms with Crippen LogP contribution in [0.4, 0.5) is 0 Å². The van der Waals surface area contributed by atoms with Gasteiger partial charge in [-0.15, -0.1) is 0 Å². The van der Waals surface area contributed by atoms with E-state index < -0.39 is 5.91 Å². The lowest BCUT2D eigenvalue weighted by atomic mass is 10.3. The second-order valence-corrected chi connectivity index (χ2v) is 6.10. The van der Waals surface area contributed by atoms with Crippen LogP contribution in [0.5, 0.6) is 5.75 Å². The molecule has 3 rings (SSSR count). The SMILES string of the molecule is Cc1[nH]n(-c2ccccc2)c(=O)c1/C=N\NC(=O)COc1ccc(Cl)cc1. The van der Waals surface area contributed by atoms with Crippen molar-refractivity contribution >= 4 is 23.7 Å². The van der Waals surface area contributed by atoms with E-state index in [0.717, 1.165) is 0 Å². The zero-order valence-corrected chi connectivity index (χ0v) is 15.2. The molecular weight excluding hydrogens is 368 g/mol. The number of rotatable bonds is 6. The molecule has 0 spiro atoms. The summed E-state index contributed by atoms with van der Waals surface area (Å²) >= 11 is 5.78. The molecule has 0 aliphatic rings. The Kier molecular flexibility index (Phi) is 5.73. The van der Waals surface area contributed by atoms with Crippen LogP contribution in [0.1, 0.15) is 11.3 Å². The number of aryl methyl sites for hydroxylation is 1. The van der Waals surface area contributed by atoms with Crippen LogP contribution < -0.4 is 15.7 Å².